The van der Waals surface area contributed by atoms with Crippen molar-refractivity contribution in [1.82, 2.24) is 15.0 Å². The molecule has 2 aromatic carbocycles. The van der Waals surface area contributed by atoms with Crippen LogP contribution in [0.2, 0.25) is 0 Å². The summed E-state index contributed by atoms with van der Waals surface area (Å²) in [5.41, 5.74) is 0.154. The van der Waals surface area contributed by atoms with Crippen LogP contribution < -0.4 is 16.2 Å². The summed E-state index contributed by atoms with van der Waals surface area (Å²) < 4.78 is 14.8. The van der Waals surface area contributed by atoms with E-state index in [1.807, 2.05) is 0 Å². The Labute approximate surface area is 146 Å². The van der Waals surface area contributed by atoms with E-state index in [4.69, 9.17) is 0 Å². The summed E-state index contributed by atoms with van der Waals surface area (Å²) in [5.74, 6) is -1.66. The molecule has 132 valence electrons. The van der Waals surface area contributed by atoms with Crippen molar-refractivity contribution in [2.24, 2.45) is 0 Å². The topological polar surface area (TPSA) is 106 Å². The Bertz CT molecular complexity index is 1060. The first kappa shape index (κ1) is 17.2. The van der Waals surface area contributed by atoms with Gasteiger partial charge in [-0.1, -0.05) is 17.3 Å². The Hall–Kier alpha value is -3.62. The fraction of sp³-hybridized carbons (Fsp3) is 0.118. The molecule has 1 aromatic heterocycles. The van der Waals surface area contributed by atoms with E-state index in [2.05, 4.69) is 20.9 Å². The van der Waals surface area contributed by atoms with E-state index in [0.717, 1.165) is 10.7 Å². The van der Waals surface area contributed by atoms with Crippen LogP contribution in [0.4, 0.5) is 15.8 Å². The standard InChI is InChI=1S/C17H14FN5O3/c1-10(24)19-11-6-7-13(18)15(8-11)20-16(25)9-23-17(26)12-4-2-3-5-14(12)21-22-23/h2-8H,9H2,1H3,(H,19,24)(H,20,25). The Morgan fingerprint density at radius 1 is 1.15 bits per heavy atom. The molecule has 0 unspecified atom stereocenters. The van der Waals surface area contributed by atoms with Gasteiger partial charge in [0.2, 0.25) is 11.8 Å². The van der Waals surface area contributed by atoms with Crippen molar-refractivity contribution in [2.75, 3.05) is 10.6 Å². The second-order valence-corrected chi connectivity index (χ2v) is 5.49. The number of amides is 2. The van der Waals surface area contributed by atoms with Gasteiger partial charge in [0.05, 0.1) is 11.1 Å². The molecule has 0 atom stereocenters. The summed E-state index contributed by atoms with van der Waals surface area (Å²) >= 11 is 0. The molecule has 8 nitrogen and oxygen atoms in total. The molecule has 0 spiro atoms. The summed E-state index contributed by atoms with van der Waals surface area (Å²) in [5, 5.41) is 12.8. The molecule has 0 aliphatic heterocycles. The van der Waals surface area contributed by atoms with Crippen LogP contribution in [0.25, 0.3) is 10.9 Å². The van der Waals surface area contributed by atoms with Gasteiger partial charge < -0.3 is 10.6 Å². The Kier molecular flexibility index (Phi) is 4.70. The SMILES string of the molecule is CC(=O)Nc1ccc(F)c(NC(=O)Cn2nnc3ccccc3c2=O)c1. The second-order valence-electron chi connectivity index (χ2n) is 5.49. The first-order valence-corrected chi connectivity index (χ1v) is 7.63. The quantitative estimate of drug-likeness (QED) is 0.738. The van der Waals surface area contributed by atoms with Gasteiger partial charge in [0.15, 0.2) is 0 Å². The number of nitrogens with one attached hydrogen (secondary N) is 2. The van der Waals surface area contributed by atoms with E-state index in [1.54, 1.807) is 24.3 Å². The number of aromatic nitrogens is 3. The van der Waals surface area contributed by atoms with E-state index in [0.29, 0.717) is 16.6 Å². The zero-order valence-corrected chi connectivity index (χ0v) is 13.7. The van der Waals surface area contributed by atoms with Gasteiger partial charge in [0.25, 0.3) is 5.56 Å². The second kappa shape index (κ2) is 7.09. The van der Waals surface area contributed by atoms with Crippen LogP contribution >= 0.6 is 0 Å². The van der Waals surface area contributed by atoms with Crippen LogP contribution in [0.3, 0.4) is 0 Å². The molecular weight excluding hydrogens is 341 g/mol. The lowest BCUT2D eigenvalue weighted by Gasteiger charge is -2.09. The molecular formula is C17H14FN5O3. The molecule has 9 heteroatoms. The highest BCUT2D eigenvalue weighted by Gasteiger charge is 2.12. The van der Waals surface area contributed by atoms with E-state index < -0.39 is 23.8 Å². The zero-order chi connectivity index (χ0) is 18.7. The fourth-order valence-electron chi connectivity index (χ4n) is 2.35. The van der Waals surface area contributed by atoms with Crippen molar-refractivity contribution in [3.63, 3.8) is 0 Å². The van der Waals surface area contributed by atoms with E-state index >= 15 is 0 Å². The van der Waals surface area contributed by atoms with Gasteiger partial charge in [-0.3, -0.25) is 14.4 Å². The number of halogens is 1. The maximum Gasteiger partial charge on any atom is 0.278 e. The van der Waals surface area contributed by atoms with Crippen LogP contribution in [0.1, 0.15) is 6.92 Å². The summed E-state index contributed by atoms with van der Waals surface area (Å²) in [7, 11) is 0. The lowest BCUT2D eigenvalue weighted by Crippen LogP contribution is -2.30. The van der Waals surface area contributed by atoms with Gasteiger partial charge in [0, 0.05) is 12.6 Å². The molecule has 1 heterocycles. The minimum absolute atomic E-state index is 0.122. The van der Waals surface area contributed by atoms with Crippen molar-refractivity contribution in [3.05, 3.63) is 58.6 Å². The predicted molar refractivity (Wildman–Crippen MR) is 93.1 cm³/mol. The largest absolute Gasteiger partial charge is 0.326 e. The maximum absolute atomic E-state index is 13.9. The van der Waals surface area contributed by atoms with Gasteiger partial charge in [-0.2, -0.15) is 0 Å². The van der Waals surface area contributed by atoms with Gasteiger partial charge in [-0.15, -0.1) is 5.10 Å². The van der Waals surface area contributed by atoms with Gasteiger partial charge >= 0.3 is 0 Å². The molecule has 0 bridgehead atoms. The number of hydrogen-bond acceptors (Lipinski definition) is 5. The minimum atomic E-state index is -0.676. The molecule has 0 saturated carbocycles. The van der Waals surface area contributed by atoms with E-state index in [1.165, 1.54) is 19.1 Å². The average Bonchev–Trinajstić information content (AvgIpc) is 2.60. The van der Waals surface area contributed by atoms with Crippen molar-refractivity contribution >= 4 is 34.1 Å². The molecule has 2 amide bonds. The summed E-state index contributed by atoms with van der Waals surface area (Å²) in [6.45, 7) is 0.882. The molecule has 3 aromatic rings. The van der Waals surface area contributed by atoms with Crippen molar-refractivity contribution in [3.8, 4) is 0 Å². The third-order valence-corrected chi connectivity index (χ3v) is 3.48. The lowest BCUT2D eigenvalue weighted by molar-refractivity contribution is -0.117. The molecule has 2 N–H and O–H groups in total. The fourth-order valence-corrected chi connectivity index (χ4v) is 2.35. The zero-order valence-electron chi connectivity index (χ0n) is 13.7. The third kappa shape index (κ3) is 3.72. The predicted octanol–water partition coefficient (Wildman–Crippen LogP) is 1.53. The van der Waals surface area contributed by atoms with Crippen molar-refractivity contribution < 1.29 is 14.0 Å². The van der Waals surface area contributed by atoms with Gasteiger partial charge in [-0.25, -0.2) is 9.07 Å². The number of carbonyl (C=O) groups excluding carboxylic acids is 2. The molecule has 0 radical (unpaired) electrons. The van der Waals surface area contributed by atoms with Crippen molar-refractivity contribution in [2.45, 2.75) is 13.5 Å². The minimum Gasteiger partial charge on any atom is -0.326 e. The average molecular weight is 355 g/mol. The summed E-state index contributed by atoms with van der Waals surface area (Å²) in [6, 6.07) is 10.4. The molecule has 3 rings (SSSR count). The lowest BCUT2D eigenvalue weighted by atomic mass is 10.2. The van der Waals surface area contributed by atoms with Crippen LogP contribution in [0, 0.1) is 5.82 Å². The molecule has 26 heavy (non-hydrogen) atoms. The van der Waals surface area contributed by atoms with Crippen LogP contribution in [-0.4, -0.2) is 26.8 Å². The normalized spacial score (nSPS) is 10.5. The number of anilines is 2. The third-order valence-electron chi connectivity index (χ3n) is 3.48. The van der Waals surface area contributed by atoms with Gasteiger partial charge in [0.1, 0.15) is 17.9 Å². The number of fused-ring (bicyclic) bond motifs is 1. The highest BCUT2D eigenvalue weighted by atomic mass is 19.1. The Morgan fingerprint density at radius 2 is 1.92 bits per heavy atom. The first-order chi connectivity index (χ1) is 12.4. The molecule has 0 aliphatic carbocycles. The summed E-state index contributed by atoms with van der Waals surface area (Å²) in [4.78, 5) is 35.6. The molecule has 0 saturated heterocycles. The van der Waals surface area contributed by atoms with Gasteiger partial charge in [-0.05, 0) is 30.3 Å². The highest BCUT2D eigenvalue weighted by molar-refractivity contribution is 5.93. The van der Waals surface area contributed by atoms with E-state index in [9.17, 15) is 18.8 Å². The number of rotatable bonds is 4. The van der Waals surface area contributed by atoms with Crippen LogP contribution in [-0.2, 0) is 16.1 Å². The first-order valence-electron chi connectivity index (χ1n) is 7.63. The number of nitrogens with zero attached hydrogens (tertiary/aromatic N) is 3. The van der Waals surface area contributed by atoms with Crippen LogP contribution in [0.5, 0.6) is 0 Å². The van der Waals surface area contributed by atoms with Crippen LogP contribution in [0.15, 0.2) is 47.3 Å². The monoisotopic (exact) mass is 355 g/mol. The highest BCUT2D eigenvalue weighted by Crippen LogP contribution is 2.19. The summed E-state index contributed by atoms with van der Waals surface area (Å²) in [6.07, 6.45) is 0. The molecule has 0 aliphatic rings. The number of benzene rings is 2. The maximum atomic E-state index is 13.9. The van der Waals surface area contributed by atoms with E-state index in [-0.39, 0.29) is 11.6 Å². The number of carbonyl (C=O) groups is 2. The van der Waals surface area contributed by atoms with Crippen molar-refractivity contribution in [1.29, 1.82) is 0 Å². The smallest absolute Gasteiger partial charge is 0.278 e. The Morgan fingerprint density at radius 3 is 2.69 bits per heavy atom. The Balaban J connectivity index is 1.80. The number of hydrogen-bond donors (Lipinski definition) is 2. The molecule has 0 fully saturated rings.